The van der Waals surface area contributed by atoms with Crippen molar-refractivity contribution in [3.05, 3.63) is 48.0 Å². The van der Waals surface area contributed by atoms with Gasteiger partial charge in [-0.05, 0) is 12.1 Å². The molecule has 0 unspecified atom stereocenters. The standard InChI is InChI=1S/C18H22N6O2/c1-21-13-15(17(20-21)26-2)18(25)23-9-7-22(8-10-23)12-14-11-19-16-5-3-4-6-24(14)16/h3-6,11,13H,7-10,12H2,1-2H3. The van der Waals surface area contributed by atoms with E-state index in [1.807, 2.05) is 35.5 Å². The molecule has 0 bridgehead atoms. The minimum Gasteiger partial charge on any atom is -0.479 e. The molecule has 4 heterocycles. The Bertz CT molecular complexity index is 923. The van der Waals surface area contributed by atoms with Gasteiger partial charge in [0.25, 0.3) is 5.91 Å². The summed E-state index contributed by atoms with van der Waals surface area (Å²) < 4.78 is 8.92. The number of aryl methyl sites for hydroxylation is 1. The maximum atomic E-state index is 12.8. The highest BCUT2D eigenvalue weighted by Crippen LogP contribution is 2.19. The summed E-state index contributed by atoms with van der Waals surface area (Å²) in [6.45, 7) is 3.85. The molecule has 0 radical (unpaired) electrons. The van der Waals surface area contributed by atoms with Crippen molar-refractivity contribution in [3.8, 4) is 5.88 Å². The smallest absolute Gasteiger partial charge is 0.261 e. The predicted octanol–water partition coefficient (Wildman–Crippen LogP) is 1.03. The number of nitrogens with zero attached hydrogens (tertiary/aromatic N) is 6. The predicted molar refractivity (Wildman–Crippen MR) is 96.1 cm³/mol. The monoisotopic (exact) mass is 354 g/mol. The van der Waals surface area contributed by atoms with Crippen LogP contribution in [0.3, 0.4) is 0 Å². The highest BCUT2D eigenvalue weighted by Gasteiger charge is 2.26. The SMILES string of the molecule is COc1nn(C)cc1C(=O)N1CCN(Cc2cnc3ccccn23)CC1. The lowest BCUT2D eigenvalue weighted by Gasteiger charge is -2.34. The molecule has 1 amide bonds. The van der Waals surface area contributed by atoms with E-state index < -0.39 is 0 Å². The number of hydrogen-bond acceptors (Lipinski definition) is 5. The third-order valence-electron chi connectivity index (χ3n) is 4.76. The second-order valence-corrected chi connectivity index (χ2v) is 6.47. The van der Waals surface area contributed by atoms with E-state index in [1.165, 1.54) is 7.11 Å². The fourth-order valence-corrected chi connectivity index (χ4v) is 3.38. The summed E-state index contributed by atoms with van der Waals surface area (Å²) in [4.78, 5) is 21.4. The maximum Gasteiger partial charge on any atom is 0.261 e. The Morgan fingerprint density at radius 3 is 2.81 bits per heavy atom. The number of fused-ring (bicyclic) bond motifs is 1. The van der Waals surface area contributed by atoms with E-state index in [1.54, 1.807) is 17.9 Å². The van der Waals surface area contributed by atoms with E-state index in [-0.39, 0.29) is 5.91 Å². The molecule has 1 fully saturated rings. The molecule has 3 aromatic heterocycles. The molecule has 0 spiro atoms. The first-order valence-electron chi connectivity index (χ1n) is 8.66. The van der Waals surface area contributed by atoms with Crippen molar-refractivity contribution in [2.75, 3.05) is 33.3 Å². The second-order valence-electron chi connectivity index (χ2n) is 6.47. The van der Waals surface area contributed by atoms with Gasteiger partial charge in [0.05, 0.1) is 19.0 Å². The van der Waals surface area contributed by atoms with Crippen LogP contribution < -0.4 is 4.74 Å². The summed E-state index contributed by atoms with van der Waals surface area (Å²) in [5, 5.41) is 4.17. The van der Waals surface area contributed by atoms with Crippen LogP contribution in [0.5, 0.6) is 5.88 Å². The molecule has 1 aliphatic rings. The van der Waals surface area contributed by atoms with Gasteiger partial charge in [-0.2, -0.15) is 0 Å². The first kappa shape index (κ1) is 16.6. The second kappa shape index (κ2) is 6.80. The number of ether oxygens (including phenoxy) is 1. The van der Waals surface area contributed by atoms with E-state index >= 15 is 0 Å². The molecule has 3 aromatic rings. The lowest BCUT2D eigenvalue weighted by atomic mass is 10.2. The average molecular weight is 354 g/mol. The number of hydrogen-bond donors (Lipinski definition) is 0. The van der Waals surface area contributed by atoms with Crippen LogP contribution >= 0.6 is 0 Å². The molecule has 0 atom stereocenters. The molecule has 1 aliphatic heterocycles. The fourth-order valence-electron chi connectivity index (χ4n) is 3.38. The lowest BCUT2D eigenvalue weighted by molar-refractivity contribution is 0.0623. The first-order valence-corrected chi connectivity index (χ1v) is 8.66. The molecular weight excluding hydrogens is 332 g/mol. The van der Waals surface area contributed by atoms with Crippen LogP contribution in [-0.4, -0.2) is 68.2 Å². The summed E-state index contributed by atoms with van der Waals surface area (Å²) in [6.07, 6.45) is 5.67. The third-order valence-corrected chi connectivity index (χ3v) is 4.76. The summed E-state index contributed by atoms with van der Waals surface area (Å²) in [6, 6.07) is 6.00. The Morgan fingerprint density at radius 2 is 2.04 bits per heavy atom. The molecule has 136 valence electrons. The molecule has 0 saturated carbocycles. The number of methoxy groups -OCH3 is 1. The zero-order valence-electron chi connectivity index (χ0n) is 15.0. The number of piperazine rings is 1. The van der Waals surface area contributed by atoms with Gasteiger partial charge in [0.1, 0.15) is 11.2 Å². The molecule has 0 aliphatic carbocycles. The van der Waals surface area contributed by atoms with E-state index in [2.05, 4.69) is 19.4 Å². The largest absolute Gasteiger partial charge is 0.479 e. The van der Waals surface area contributed by atoms with Gasteiger partial charge in [0.2, 0.25) is 5.88 Å². The number of pyridine rings is 1. The van der Waals surface area contributed by atoms with E-state index in [0.29, 0.717) is 24.5 Å². The normalized spacial score (nSPS) is 15.5. The van der Waals surface area contributed by atoms with Gasteiger partial charge in [0.15, 0.2) is 0 Å². The van der Waals surface area contributed by atoms with E-state index in [0.717, 1.165) is 31.0 Å². The van der Waals surface area contributed by atoms with Crippen LogP contribution in [0.15, 0.2) is 36.8 Å². The number of imidazole rings is 1. The Kier molecular flexibility index (Phi) is 4.34. The van der Waals surface area contributed by atoms with Gasteiger partial charge >= 0.3 is 0 Å². The Balaban J connectivity index is 1.40. The summed E-state index contributed by atoms with van der Waals surface area (Å²) in [5.41, 5.74) is 2.64. The summed E-state index contributed by atoms with van der Waals surface area (Å²) in [5.74, 6) is 0.357. The van der Waals surface area contributed by atoms with E-state index in [4.69, 9.17) is 4.74 Å². The van der Waals surface area contributed by atoms with Crippen molar-refractivity contribution in [3.63, 3.8) is 0 Å². The third kappa shape index (κ3) is 3.03. The maximum absolute atomic E-state index is 12.8. The van der Waals surface area contributed by atoms with Crippen LogP contribution in [0.25, 0.3) is 5.65 Å². The number of aromatic nitrogens is 4. The molecule has 0 N–H and O–H groups in total. The Labute approximate surface area is 151 Å². The minimum atomic E-state index is -0.0237. The van der Waals surface area contributed by atoms with Gasteiger partial charge in [-0.15, -0.1) is 5.10 Å². The van der Waals surface area contributed by atoms with Gasteiger partial charge in [-0.1, -0.05) is 6.07 Å². The van der Waals surface area contributed by atoms with Crippen molar-refractivity contribution in [1.82, 2.24) is 29.0 Å². The zero-order valence-corrected chi connectivity index (χ0v) is 15.0. The molecule has 4 rings (SSSR count). The lowest BCUT2D eigenvalue weighted by Crippen LogP contribution is -2.48. The van der Waals surface area contributed by atoms with E-state index in [9.17, 15) is 4.79 Å². The average Bonchev–Trinajstić information content (AvgIpc) is 3.25. The summed E-state index contributed by atoms with van der Waals surface area (Å²) >= 11 is 0. The van der Waals surface area contributed by atoms with Crippen molar-refractivity contribution in [1.29, 1.82) is 0 Å². The number of amides is 1. The zero-order chi connectivity index (χ0) is 18.1. The van der Waals surface area contributed by atoms with Crippen molar-refractivity contribution < 1.29 is 9.53 Å². The first-order chi connectivity index (χ1) is 12.7. The van der Waals surface area contributed by atoms with Gasteiger partial charge < -0.3 is 14.0 Å². The minimum absolute atomic E-state index is 0.0237. The van der Waals surface area contributed by atoms with Gasteiger partial charge in [-0.25, -0.2) is 4.98 Å². The number of carbonyl (C=O) groups is 1. The molecule has 0 aromatic carbocycles. The molecule has 8 nitrogen and oxygen atoms in total. The van der Waals surface area contributed by atoms with Crippen LogP contribution in [-0.2, 0) is 13.6 Å². The van der Waals surface area contributed by atoms with Crippen LogP contribution in [0.1, 0.15) is 16.1 Å². The van der Waals surface area contributed by atoms with Crippen molar-refractivity contribution in [2.45, 2.75) is 6.54 Å². The van der Waals surface area contributed by atoms with Crippen LogP contribution in [0.4, 0.5) is 0 Å². The highest BCUT2D eigenvalue weighted by molar-refractivity contribution is 5.96. The Hall–Kier alpha value is -2.87. The molecule has 8 heteroatoms. The topological polar surface area (TPSA) is 67.9 Å². The quantitative estimate of drug-likeness (QED) is 0.700. The molecular formula is C18H22N6O2. The number of carbonyl (C=O) groups excluding carboxylic acids is 1. The Morgan fingerprint density at radius 1 is 1.23 bits per heavy atom. The van der Waals surface area contributed by atoms with Gasteiger partial charge in [-0.3, -0.25) is 14.4 Å². The molecule has 1 saturated heterocycles. The fraction of sp³-hybridized carbons (Fsp3) is 0.389. The van der Waals surface area contributed by atoms with Crippen LogP contribution in [0, 0.1) is 0 Å². The van der Waals surface area contributed by atoms with Gasteiger partial charge in [0, 0.05) is 52.2 Å². The van der Waals surface area contributed by atoms with Crippen molar-refractivity contribution in [2.24, 2.45) is 7.05 Å². The van der Waals surface area contributed by atoms with Crippen LogP contribution in [0.2, 0.25) is 0 Å². The molecule has 26 heavy (non-hydrogen) atoms. The summed E-state index contributed by atoms with van der Waals surface area (Å²) in [7, 11) is 3.32. The number of rotatable bonds is 4. The highest BCUT2D eigenvalue weighted by atomic mass is 16.5. The van der Waals surface area contributed by atoms with Crippen molar-refractivity contribution >= 4 is 11.6 Å².